The Hall–Kier alpha value is -2.80. The second kappa shape index (κ2) is 8.14. The lowest BCUT2D eigenvalue weighted by Gasteiger charge is -2.36. The van der Waals surface area contributed by atoms with Gasteiger partial charge in [0.1, 0.15) is 5.56 Å². The number of anilines is 1. The first-order valence-electron chi connectivity index (χ1n) is 10.3. The van der Waals surface area contributed by atoms with Gasteiger partial charge in [-0.2, -0.15) is 0 Å². The molecule has 3 aromatic rings. The number of nitrogens with one attached hydrogen (secondary N) is 1. The molecule has 0 spiro atoms. The number of aryl methyl sites for hydroxylation is 2. The summed E-state index contributed by atoms with van der Waals surface area (Å²) in [4.78, 5) is 34.6. The van der Waals surface area contributed by atoms with Crippen LogP contribution in [0, 0.1) is 13.8 Å². The molecule has 0 unspecified atom stereocenters. The summed E-state index contributed by atoms with van der Waals surface area (Å²) in [5.74, 6) is -0.106. The number of hydrogen-bond donors (Lipinski definition) is 1. The number of carbonyl (C=O) groups excluding carboxylic acids is 1. The highest BCUT2D eigenvalue weighted by molar-refractivity contribution is 6.30. The minimum atomic E-state index is -0.125. The molecule has 1 N–H and O–H groups in total. The SMILES string of the molecule is CCCc1c(C)nc2c(C(=O)N3CCN(c4cc(Cl)ccc4C)CC3)c[nH]n2c1=O. The van der Waals surface area contributed by atoms with E-state index in [1.165, 1.54) is 4.52 Å². The first kappa shape index (κ1) is 20.5. The monoisotopic (exact) mass is 427 g/mol. The van der Waals surface area contributed by atoms with E-state index in [0.717, 1.165) is 30.8 Å². The summed E-state index contributed by atoms with van der Waals surface area (Å²) < 4.78 is 1.39. The number of nitrogens with zero attached hydrogens (tertiary/aromatic N) is 4. The average Bonchev–Trinajstić information content (AvgIpc) is 3.16. The number of carbonyl (C=O) groups is 1. The first-order chi connectivity index (χ1) is 14.4. The van der Waals surface area contributed by atoms with Crippen LogP contribution < -0.4 is 10.5 Å². The Morgan fingerprint density at radius 3 is 2.63 bits per heavy atom. The number of aromatic amines is 1. The molecule has 1 aliphatic rings. The number of hydrogen-bond acceptors (Lipinski definition) is 4. The van der Waals surface area contributed by atoms with Gasteiger partial charge >= 0.3 is 0 Å². The van der Waals surface area contributed by atoms with Gasteiger partial charge in [0.2, 0.25) is 0 Å². The second-order valence-corrected chi connectivity index (χ2v) is 8.22. The van der Waals surface area contributed by atoms with Crippen LogP contribution in [0.3, 0.4) is 0 Å². The minimum absolute atomic E-state index is 0.106. The number of halogens is 1. The predicted molar refractivity (Wildman–Crippen MR) is 119 cm³/mol. The molecular weight excluding hydrogens is 402 g/mol. The van der Waals surface area contributed by atoms with Gasteiger partial charge in [0, 0.05) is 54.3 Å². The van der Waals surface area contributed by atoms with E-state index in [4.69, 9.17) is 11.6 Å². The largest absolute Gasteiger partial charge is 0.368 e. The van der Waals surface area contributed by atoms with Crippen molar-refractivity contribution in [3.05, 3.63) is 62.2 Å². The van der Waals surface area contributed by atoms with Crippen molar-refractivity contribution >= 4 is 28.8 Å². The van der Waals surface area contributed by atoms with Gasteiger partial charge in [0.05, 0.1) is 0 Å². The molecular formula is C22H26ClN5O2. The standard InChI is InChI=1S/C22H26ClN5O2/c1-4-5-17-15(3)25-20-18(13-24-28(20)22(17)30)21(29)27-10-8-26(9-11-27)19-12-16(23)7-6-14(19)2/h6-7,12-13,24H,4-5,8-11H2,1-3H3. The van der Waals surface area contributed by atoms with E-state index < -0.39 is 0 Å². The highest BCUT2D eigenvalue weighted by atomic mass is 35.5. The van der Waals surface area contributed by atoms with Gasteiger partial charge in [-0.1, -0.05) is 31.0 Å². The van der Waals surface area contributed by atoms with Gasteiger partial charge in [-0.15, -0.1) is 0 Å². The fourth-order valence-corrected chi connectivity index (χ4v) is 4.26. The third-order valence-corrected chi connectivity index (χ3v) is 6.01. The predicted octanol–water partition coefficient (Wildman–Crippen LogP) is 3.21. The van der Waals surface area contributed by atoms with Gasteiger partial charge in [0.25, 0.3) is 11.5 Å². The van der Waals surface area contributed by atoms with E-state index in [0.29, 0.717) is 47.0 Å². The zero-order chi connectivity index (χ0) is 21.4. The molecule has 7 nitrogen and oxygen atoms in total. The summed E-state index contributed by atoms with van der Waals surface area (Å²) in [5, 5.41) is 3.63. The molecule has 0 bridgehead atoms. The Morgan fingerprint density at radius 2 is 1.93 bits per heavy atom. The Labute approximate surface area is 180 Å². The highest BCUT2D eigenvalue weighted by Gasteiger charge is 2.26. The van der Waals surface area contributed by atoms with Crippen LogP contribution in [0.4, 0.5) is 5.69 Å². The van der Waals surface area contributed by atoms with Crippen molar-refractivity contribution in [3.8, 4) is 0 Å². The lowest BCUT2D eigenvalue weighted by Crippen LogP contribution is -2.49. The summed E-state index contributed by atoms with van der Waals surface area (Å²) in [6, 6.07) is 5.88. The molecule has 30 heavy (non-hydrogen) atoms. The highest BCUT2D eigenvalue weighted by Crippen LogP contribution is 2.25. The smallest absolute Gasteiger partial charge is 0.276 e. The number of fused-ring (bicyclic) bond motifs is 1. The summed E-state index contributed by atoms with van der Waals surface area (Å²) >= 11 is 6.17. The van der Waals surface area contributed by atoms with E-state index >= 15 is 0 Å². The summed E-state index contributed by atoms with van der Waals surface area (Å²) in [5.41, 5.74) is 4.37. The Balaban J connectivity index is 1.55. The van der Waals surface area contributed by atoms with E-state index in [2.05, 4.69) is 21.9 Å². The molecule has 0 aliphatic carbocycles. The van der Waals surface area contributed by atoms with Crippen molar-refractivity contribution in [1.29, 1.82) is 0 Å². The molecule has 1 amide bonds. The Kier molecular flexibility index (Phi) is 5.56. The van der Waals surface area contributed by atoms with Crippen LogP contribution in [0.25, 0.3) is 5.65 Å². The van der Waals surface area contributed by atoms with E-state index in [1.54, 1.807) is 6.20 Å². The maximum absolute atomic E-state index is 13.2. The number of aromatic nitrogens is 3. The van der Waals surface area contributed by atoms with Crippen molar-refractivity contribution in [1.82, 2.24) is 19.5 Å². The number of amides is 1. The molecule has 3 heterocycles. The first-order valence-corrected chi connectivity index (χ1v) is 10.7. The maximum Gasteiger partial charge on any atom is 0.276 e. The van der Waals surface area contributed by atoms with Crippen molar-refractivity contribution in [2.75, 3.05) is 31.1 Å². The van der Waals surface area contributed by atoms with Crippen molar-refractivity contribution < 1.29 is 4.79 Å². The third-order valence-electron chi connectivity index (χ3n) is 5.77. The molecule has 158 valence electrons. The molecule has 1 aromatic carbocycles. The van der Waals surface area contributed by atoms with Crippen LogP contribution in [0.15, 0.2) is 29.2 Å². The molecule has 1 fully saturated rings. The van der Waals surface area contributed by atoms with Crippen LogP contribution in [-0.4, -0.2) is 51.6 Å². The van der Waals surface area contributed by atoms with Gasteiger partial charge in [0.15, 0.2) is 5.65 Å². The van der Waals surface area contributed by atoms with E-state index in [1.807, 2.05) is 36.9 Å². The molecule has 0 saturated carbocycles. The Morgan fingerprint density at radius 1 is 1.20 bits per heavy atom. The third kappa shape index (κ3) is 3.58. The van der Waals surface area contributed by atoms with Gasteiger partial charge in [-0.05, 0) is 38.0 Å². The molecule has 1 saturated heterocycles. The molecule has 8 heteroatoms. The fraction of sp³-hybridized carbons (Fsp3) is 0.409. The molecule has 0 radical (unpaired) electrons. The van der Waals surface area contributed by atoms with Crippen LogP contribution >= 0.6 is 11.6 Å². The minimum Gasteiger partial charge on any atom is -0.368 e. The van der Waals surface area contributed by atoms with E-state index in [-0.39, 0.29) is 11.5 Å². The molecule has 0 atom stereocenters. The average molecular weight is 428 g/mol. The summed E-state index contributed by atoms with van der Waals surface area (Å²) in [7, 11) is 0. The normalized spacial score (nSPS) is 14.5. The van der Waals surface area contributed by atoms with Crippen molar-refractivity contribution in [2.24, 2.45) is 0 Å². The van der Waals surface area contributed by atoms with Crippen LogP contribution in [0.2, 0.25) is 5.02 Å². The van der Waals surface area contributed by atoms with Gasteiger partial charge < -0.3 is 9.80 Å². The quantitative estimate of drug-likeness (QED) is 0.693. The van der Waals surface area contributed by atoms with E-state index in [9.17, 15) is 9.59 Å². The number of H-pyrrole nitrogens is 1. The lowest BCUT2D eigenvalue weighted by molar-refractivity contribution is 0.0748. The zero-order valence-corrected chi connectivity index (χ0v) is 18.3. The van der Waals surface area contributed by atoms with Crippen molar-refractivity contribution in [2.45, 2.75) is 33.6 Å². The lowest BCUT2D eigenvalue weighted by atomic mass is 10.1. The van der Waals surface area contributed by atoms with Crippen LogP contribution in [0.1, 0.15) is 40.5 Å². The number of rotatable bonds is 4. The second-order valence-electron chi connectivity index (χ2n) is 7.79. The topological polar surface area (TPSA) is 73.7 Å². The summed E-state index contributed by atoms with van der Waals surface area (Å²) in [6.07, 6.45) is 3.13. The summed E-state index contributed by atoms with van der Waals surface area (Å²) in [6.45, 7) is 8.57. The maximum atomic E-state index is 13.2. The van der Waals surface area contributed by atoms with Gasteiger partial charge in [-0.25, -0.2) is 9.50 Å². The number of piperazine rings is 1. The van der Waals surface area contributed by atoms with Crippen molar-refractivity contribution in [3.63, 3.8) is 0 Å². The van der Waals surface area contributed by atoms with Crippen LogP contribution in [0.5, 0.6) is 0 Å². The van der Waals surface area contributed by atoms with Gasteiger partial charge in [-0.3, -0.25) is 14.7 Å². The van der Waals surface area contributed by atoms with Crippen LogP contribution in [-0.2, 0) is 6.42 Å². The zero-order valence-electron chi connectivity index (χ0n) is 17.5. The molecule has 1 aliphatic heterocycles. The Bertz CT molecular complexity index is 1160. The molecule has 2 aromatic heterocycles. The molecule has 4 rings (SSSR count). The fourth-order valence-electron chi connectivity index (χ4n) is 4.10. The number of benzene rings is 1.